The van der Waals surface area contributed by atoms with Crippen LogP contribution in [0.15, 0.2) is 59.7 Å². The van der Waals surface area contributed by atoms with Crippen molar-refractivity contribution >= 4 is 35.2 Å². The van der Waals surface area contributed by atoms with Gasteiger partial charge in [-0.15, -0.1) is 0 Å². The zero-order valence-electron chi connectivity index (χ0n) is 19.9. The molecule has 0 saturated carbocycles. The smallest absolute Gasteiger partial charge is 0.255 e. The number of carbonyl (C=O) groups is 1. The average Bonchev–Trinajstić information content (AvgIpc) is 3.63. The van der Waals surface area contributed by atoms with Crippen LogP contribution in [-0.2, 0) is 0 Å². The lowest BCUT2D eigenvalue weighted by molar-refractivity contribution is 0.102. The Balaban J connectivity index is 1.28. The minimum Gasteiger partial charge on any atom is -0.341 e. The summed E-state index contributed by atoms with van der Waals surface area (Å²) in [6.07, 6.45) is 4.64. The maximum atomic E-state index is 12.4. The first-order valence-corrected chi connectivity index (χ1v) is 12.2. The van der Waals surface area contributed by atoms with Crippen molar-refractivity contribution < 1.29 is 4.79 Å². The quantitative estimate of drug-likeness (QED) is 0.395. The van der Waals surface area contributed by atoms with Gasteiger partial charge in [0.2, 0.25) is 17.8 Å². The standard InChI is InChI=1S/C26H30N8O/c1-19(20-11-13-22(14-12-20)27-23(35)21-9-3-2-4-10-21)31-32-24-28-25(33-15-5-6-16-33)30-26(29-24)34-17-7-8-18-34/h2-4,9-14H,5-8,15-18H2,1H3,(H,27,35)(H,28,29,30,32)/b31-19-. The second kappa shape index (κ2) is 10.5. The molecule has 0 unspecified atom stereocenters. The van der Waals surface area contributed by atoms with Crippen LogP contribution < -0.4 is 20.5 Å². The van der Waals surface area contributed by atoms with E-state index in [1.807, 2.05) is 49.4 Å². The third-order valence-corrected chi connectivity index (χ3v) is 6.31. The van der Waals surface area contributed by atoms with Gasteiger partial charge in [-0.3, -0.25) is 4.79 Å². The van der Waals surface area contributed by atoms with Crippen LogP contribution in [0.5, 0.6) is 0 Å². The van der Waals surface area contributed by atoms with Gasteiger partial charge in [0.15, 0.2) is 0 Å². The summed E-state index contributed by atoms with van der Waals surface area (Å²) in [6.45, 7) is 5.81. The third-order valence-electron chi connectivity index (χ3n) is 6.31. The number of amides is 1. The monoisotopic (exact) mass is 470 g/mol. The fourth-order valence-electron chi connectivity index (χ4n) is 4.31. The lowest BCUT2D eigenvalue weighted by atomic mass is 10.1. The van der Waals surface area contributed by atoms with E-state index in [-0.39, 0.29) is 5.91 Å². The largest absolute Gasteiger partial charge is 0.341 e. The van der Waals surface area contributed by atoms with Crippen molar-refractivity contribution in [3.63, 3.8) is 0 Å². The summed E-state index contributed by atoms with van der Waals surface area (Å²) >= 11 is 0. The molecule has 0 spiro atoms. The van der Waals surface area contributed by atoms with Crippen LogP contribution in [0.3, 0.4) is 0 Å². The molecule has 2 aliphatic rings. The number of carbonyl (C=O) groups excluding carboxylic acids is 1. The van der Waals surface area contributed by atoms with E-state index in [1.54, 1.807) is 12.1 Å². The van der Waals surface area contributed by atoms with E-state index >= 15 is 0 Å². The molecule has 5 rings (SSSR count). The highest BCUT2D eigenvalue weighted by Crippen LogP contribution is 2.23. The minimum absolute atomic E-state index is 0.136. The summed E-state index contributed by atoms with van der Waals surface area (Å²) in [4.78, 5) is 30.8. The molecule has 35 heavy (non-hydrogen) atoms. The molecule has 180 valence electrons. The van der Waals surface area contributed by atoms with Crippen molar-refractivity contribution in [2.75, 3.05) is 46.7 Å². The van der Waals surface area contributed by atoms with Crippen LogP contribution in [-0.4, -0.2) is 52.7 Å². The van der Waals surface area contributed by atoms with Gasteiger partial charge < -0.3 is 15.1 Å². The number of hydrazone groups is 1. The van der Waals surface area contributed by atoms with Gasteiger partial charge in [0.1, 0.15) is 0 Å². The molecule has 2 fully saturated rings. The zero-order valence-corrected chi connectivity index (χ0v) is 19.9. The van der Waals surface area contributed by atoms with Crippen molar-refractivity contribution in [2.24, 2.45) is 5.10 Å². The van der Waals surface area contributed by atoms with Gasteiger partial charge in [-0.1, -0.05) is 30.3 Å². The molecule has 1 amide bonds. The Morgan fingerprint density at radius 2 is 1.34 bits per heavy atom. The van der Waals surface area contributed by atoms with Crippen LogP contribution in [0.2, 0.25) is 0 Å². The lowest BCUT2D eigenvalue weighted by Crippen LogP contribution is -2.25. The Labute approximate surface area is 205 Å². The number of hydrogen-bond acceptors (Lipinski definition) is 8. The first-order valence-electron chi connectivity index (χ1n) is 12.2. The highest BCUT2D eigenvalue weighted by molar-refractivity contribution is 6.04. The van der Waals surface area contributed by atoms with E-state index < -0.39 is 0 Å². The molecule has 2 N–H and O–H groups in total. The van der Waals surface area contributed by atoms with Crippen LogP contribution in [0.25, 0.3) is 0 Å². The molecule has 0 atom stereocenters. The fraction of sp³-hybridized carbons (Fsp3) is 0.346. The molecule has 2 saturated heterocycles. The van der Waals surface area contributed by atoms with Crippen molar-refractivity contribution in [1.82, 2.24) is 15.0 Å². The SMILES string of the molecule is C/C(=N/Nc1nc(N2CCCC2)nc(N2CCCC2)n1)c1ccc(NC(=O)c2ccccc2)cc1. The van der Waals surface area contributed by atoms with E-state index in [1.165, 1.54) is 0 Å². The molecule has 1 aromatic heterocycles. The summed E-state index contributed by atoms with van der Waals surface area (Å²) < 4.78 is 0. The van der Waals surface area contributed by atoms with Crippen LogP contribution in [0, 0.1) is 0 Å². The first-order chi connectivity index (χ1) is 17.2. The number of rotatable bonds is 7. The average molecular weight is 471 g/mol. The molecule has 3 aromatic rings. The van der Waals surface area contributed by atoms with Gasteiger partial charge in [-0.2, -0.15) is 20.1 Å². The van der Waals surface area contributed by atoms with Gasteiger partial charge in [0, 0.05) is 37.4 Å². The molecule has 2 aromatic carbocycles. The molecular formula is C26H30N8O. The summed E-state index contributed by atoms with van der Waals surface area (Å²) in [5.74, 6) is 1.75. The molecule has 9 nitrogen and oxygen atoms in total. The maximum absolute atomic E-state index is 12.4. The molecule has 0 radical (unpaired) electrons. The van der Waals surface area contributed by atoms with Crippen LogP contribution in [0.1, 0.15) is 48.5 Å². The first kappa shape index (κ1) is 22.8. The van der Waals surface area contributed by atoms with Crippen LogP contribution in [0.4, 0.5) is 23.5 Å². The fourth-order valence-corrected chi connectivity index (χ4v) is 4.31. The number of anilines is 4. The maximum Gasteiger partial charge on any atom is 0.255 e. The summed E-state index contributed by atoms with van der Waals surface area (Å²) in [7, 11) is 0. The second-order valence-electron chi connectivity index (χ2n) is 8.85. The van der Waals surface area contributed by atoms with E-state index in [9.17, 15) is 4.79 Å². The van der Waals surface area contributed by atoms with Crippen molar-refractivity contribution in [1.29, 1.82) is 0 Å². The zero-order chi connectivity index (χ0) is 24.0. The Kier molecular flexibility index (Phi) is 6.83. The molecular weight excluding hydrogens is 440 g/mol. The summed E-state index contributed by atoms with van der Waals surface area (Å²) in [5, 5.41) is 7.45. The van der Waals surface area contributed by atoms with E-state index in [0.29, 0.717) is 23.4 Å². The number of nitrogens with zero attached hydrogens (tertiary/aromatic N) is 6. The van der Waals surface area contributed by atoms with E-state index in [2.05, 4.69) is 35.6 Å². The number of aromatic nitrogens is 3. The normalized spacial score (nSPS) is 16.0. The Bertz CT molecular complexity index is 1150. The Hall–Kier alpha value is -4.01. The number of hydrogen-bond donors (Lipinski definition) is 2. The van der Waals surface area contributed by atoms with Crippen molar-refractivity contribution in [3.05, 3.63) is 65.7 Å². The number of benzene rings is 2. The number of nitrogens with one attached hydrogen (secondary N) is 2. The highest BCUT2D eigenvalue weighted by atomic mass is 16.1. The minimum atomic E-state index is -0.136. The second-order valence-corrected chi connectivity index (χ2v) is 8.85. The lowest BCUT2D eigenvalue weighted by Gasteiger charge is -2.20. The third kappa shape index (κ3) is 5.56. The Morgan fingerprint density at radius 1 is 0.771 bits per heavy atom. The summed E-state index contributed by atoms with van der Waals surface area (Å²) in [5.41, 5.74) is 6.12. The van der Waals surface area contributed by atoms with Crippen molar-refractivity contribution in [2.45, 2.75) is 32.6 Å². The molecule has 9 heteroatoms. The van der Waals surface area contributed by atoms with Gasteiger partial charge in [0.05, 0.1) is 5.71 Å². The topological polar surface area (TPSA) is 98.6 Å². The molecule has 2 aliphatic heterocycles. The predicted octanol–water partition coefficient (Wildman–Crippen LogP) is 4.16. The molecule has 0 aliphatic carbocycles. The summed E-state index contributed by atoms with van der Waals surface area (Å²) in [6, 6.07) is 16.8. The molecule has 0 bridgehead atoms. The van der Waals surface area contributed by atoms with Gasteiger partial charge >= 0.3 is 0 Å². The van der Waals surface area contributed by atoms with E-state index in [0.717, 1.165) is 68.8 Å². The highest BCUT2D eigenvalue weighted by Gasteiger charge is 2.21. The Morgan fingerprint density at radius 3 is 1.91 bits per heavy atom. The van der Waals surface area contributed by atoms with Crippen LogP contribution >= 0.6 is 0 Å². The van der Waals surface area contributed by atoms with Gasteiger partial charge in [-0.25, -0.2) is 5.43 Å². The van der Waals surface area contributed by atoms with Crippen molar-refractivity contribution in [3.8, 4) is 0 Å². The van der Waals surface area contributed by atoms with Gasteiger partial charge in [0.25, 0.3) is 5.91 Å². The predicted molar refractivity (Wildman–Crippen MR) is 139 cm³/mol. The van der Waals surface area contributed by atoms with E-state index in [4.69, 9.17) is 4.98 Å². The molecule has 3 heterocycles. The van der Waals surface area contributed by atoms with Gasteiger partial charge in [-0.05, 0) is 62.4 Å².